The Bertz CT molecular complexity index is 834. The van der Waals surface area contributed by atoms with E-state index in [0.29, 0.717) is 5.69 Å². The number of hydrogen-bond acceptors (Lipinski definition) is 4. The van der Waals surface area contributed by atoms with Crippen molar-refractivity contribution >= 4 is 17.3 Å². The molecule has 1 aromatic heterocycles. The van der Waals surface area contributed by atoms with Crippen molar-refractivity contribution in [3.05, 3.63) is 53.9 Å². The molecular formula is C20H20N4O. The molecule has 126 valence electrons. The first kappa shape index (κ1) is 15.6. The van der Waals surface area contributed by atoms with E-state index in [0.717, 1.165) is 50.3 Å². The number of nitrogens with zero attached hydrogens (tertiary/aromatic N) is 4. The molecule has 0 spiro atoms. The third kappa shape index (κ3) is 2.85. The summed E-state index contributed by atoms with van der Waals surface area (Å²) >= 11 is 0. The van der Waals surface area contributed by atoms with Gasteiger partial charge in [0.1, 0.15) is 6.07 Å². The van der Waals surface area contributed by atoms with E-state index < -0.39 is 0 Å². The maximum atomic E-state index is 13.0. The van der Waals surface area contributed by atoms with E-state index in [1.165, 1.54) is 5.56 Å². The van der Waals surface area contributed by atoms with Crippen molar-refractivity contribution in [1.29, 1.82) is 5.26 Å². The Morgan fingerprint density at radius 3 is 2.64 bits per heavy atom. The van der Waals surface area contributed by atoms with Gasteiger partial charge in [-0.3, -0.25) is 4.79 Å². The zero-order chi connectivity index (χ0) is 17.2. The summed E-state index contributed by atoms with van der Waals surface area (Å²) in [6, 6.07) is 14.1. The average Bonchev–Trinajstić information content (AvgIpc) is 3.11. The van der Waals surface area contributed by atoms with E-state index in [2.05, 4.69) is 22.0 Å². The number of fused-ring (bicyclic) bond motifs is 1. The number of carbonyl (C=O) groups excluding carboxylic acids is 1. The van der Waals surface area contributed by atoms with Gasteiger partial charge in [0.05, 0.1) is 5.69 Å². The van der Waals surface area contributed by atoms with Crippen LogP contribution in [0.15, 0.2) is 42.6 Å². The molecular weight excluding hydrogens is 312 g/mol. The number of carbonyl (C=O) groups is 1. The molecule has 2 aliphatic heterocycles. The topological polar surface area (TPSA) is 60.2 Å². The van der Waals surface area contributed by atoms with Gasteiger partial charge in [-0.25, -0.2) is 4.98 Å². The monoisotopic (exact) mass is 332 g/mol. The van der Waals surface area contributed by atoms with Gasteiger partial charge >= 0.3 is 0 Å². The van der Waals surface area contributed by atoms with E-state index in [1.54, 1.807) is 6.20 Å². The normalized spacial score (nSPS) is 17.2. The Morgan fingerprint density at radius 1 is 1.08 bits per heavy atom. The summed E-state index contributed by atoms with van der Waals surface area (Å²) in [6.07, 6.45) is 4.22. The Morgan fingerprint density at radius 2 is 1.84 bits per heavy atom. The van der Waals surface area contributed by atoms with Crippen LogP contribution in [0.25, 0.3) is 0 Å². The van der Waals surface area contributed by atoms with Crippen LogP contribution in [0.5, 0.6) is 0 Å². The van der Waals surface area contributed by atoms with Crippen LogP contribution in [0.3, 0.4) is 0 Å². The molecule has 5 nitrogen and oxygen atoms in total. The first-order valence-corrected chi connectivity index (χ1v) is 8.77. The number of piperidine rings is 1. The van der Waals surface area contributed by atoms with Crippen LogP contribution < -0.4 is 9.80 Å². The maximum Gasteiger partial charge on any atom is 0.230 e. The van der Waals surface area contributed by atoms with E-state index >= 15 is 0 Å². The lowest BCUT2D eigenvalue weighted by Crippen LogP contribution is -2.42. The highest BCUT2D eigenvalue weighted by Gasteiger charge is 2.32. The summed E-state index contributed by atoms with van der Waals surface area (Å²) < 4.78 is 0. The summed E-state index contributed by atoms with van der Waals surface area (Å²) in [5, 5.41) is 9.23. The molecule has 0 aliphatic carbocycles. The van der Waals surface area contributed by atoms with Crippen molar-refractivity contribution < 1.29 is 4.79 Å². The predicted octanol–water partition coefficient (Wildman–Crippen LogP) is 2.76. The molecule has 5 heteroatoms. The van der Waals surface area contributed by atoms with Gasteiger partial charge in [-0.15, -0.1) is 0 Å². The minimum absolute atomic E-state index is 0.0598. The third-order valence-electron chi connectivity index (χ3n) is 5.23. The number of aromatic nitrogens is 1. The SMILES string of the molecule is N#Cc1ncccc1N1CCC(C(=O)N2CCc3ccccc32)CC1. The van der Waals surface area contributed by atoms with Gasteiger partial charge in [0.25, 0.3) is 0 Å². The summed E-state index contributed by atoms with van der Waals surface area (Å²) in [6.45, 7) is 2.36. The molecule has 0 atom stereocenters. The molecule has 0 saturated carbocycles. The molecule has 1 saturated heterocycles. The average molecular weight is 332 g/mol. The first-order chi connectivity index (χ1) is 12.3. The minimum atomic E-state index is 0.0598. The maximum absolute atomic E-state index is 13.0. The smallest absolute Gasteiger partial charge is 0.230 e. The number of hydrogen-bond donors (Lipinski definition) is 0. The Balaban J connectivity index is 1.44. The van der Waals surface area contributed by atoms with Crippen molar-refractivity contribution in [1.82, 2.24) is 4.98 Å². The molecule has 4 rings (SSSR count). The van der Waals surface area contributed by atoms with Crippen LogP contribution in [0.1, 0.15) is 24.1 Å². The number of rotatable bonds is 2. The summed E-state index contributed by atoms with van der Waals surface area (Å²) in [7, 11) is 0. The second-order valence-corrected chi connectivity index (χ2v) is 6.61. The third-order valence-corrected chi connectivity index (χ3v) is 5.23. The molecule has 2 aromatic rings. The lowest BCUT2D eigenvalue weighted by Gasteiger charge is -2.34. The number of para-hydroxylation sites is 1. The van der Waals surface area contributed by atoms with E-state index in [9.17, 15) is 10.1 Å². The molecule has 0 bridgehead atoms. The number of nitriles is 1. The fourth-order valence-corrected chi connectivity index (χ4v) is 3.89. The molecule has 3 heterocycles. The molecule has 2 aliphatic rings. The molecule has 1 amide bonds. The van der Waals surface area contributed by atoms with E-state index in [-0.39, 0.29) is 11.8 Å². The Labute approximate surface area is 147 Å². The zero-order valence-electron chi connectivity index (χ0n) is 14.1. The van der Waals surface area contributed by atoms with Crippen molar-refractivity contribution in [3.8, 4) is 6.07 Å². The standard InChI is InChI=1S/C20H20N4O/c21-14-17-19(6-3-10-22-17)23-11-7-16(8-12-23)20(25)24-13-9-15-4-1-2-5-18(15)24/h1-6,10,16H,7-9,11-13H2. The van der Waals surface area contributed by atoms with Crippen LogP contribution in [0.2, 0.25) is 0 Å². The van der Waals surface area contributed by atoms with Crippen LogP contribution in [0.4, 0.5) is 11.4 Å². The van der Waals surface area contributed by atoms with Crippen molar-refractivity contribution in [2.24, 2.45) is 5.92 Å². The molecule has 0 unspecified atom stereocenters. The van der Waals surface area contributed by atoms with Crippen molar-refractivity contribution in [2.75, 3.05) is 29.4 Å². The van der Waals surface area contributed by atoms with Crippen LogP contribution in [0, 0.1) is 17.2 Å². The largest absolute Gasteiger partial charge is 0.369 e. The minimum Gasteiger partial charge on any atom is -0.369 e. The number of benzene rings is 1. The second-order valence-electron chi connectivity index (χ2n) is 6.61. The van der Waals surface area contributed by atoms with Gasteiger partial charge < -0.3 is 9.80 Å². The van der Waals surface area contributed by atoms with Gasteiger partial charge in [0, 0.05) is 37.4 Å². The van der Waals surface area contributed by atoms with E-state index in [4.69, 9.17) is 0 Å². The molecule has 1 aromatic carbocycles. The van der Waals surface area contributed by atoms with Crippen molar-refractivity contribution in [3.63, 3.8) is 0 Å². The number of pyridine rings is 1. The molecule has 25 heavy (non-hydrogen) atoms. The highest BCUT2D eigenvalue weighted by atomic mass is 16.2. The predicted molar refractivity (Wildman–Crippen MR) is 96.4 cm³/mol. The van der Waals surface area contributed by atoms with Gasteiger partial charge in [0.15, 0.2) is 5.69 Å². The lowest BCUT2D eigenvalue weighted by molar-refractivity contribution is -0.122. The summed E-state index contributed by atoms with van der Waals surface area (Å²) in [5.74, 6) is 0.306. The first-order valence-electron chi connectivity index (χ1n) is 8.77. The highest BCUT2D eigenvalue weighted by Crippen LogP contribution is 2.32. The van der Waals surface area contributed by atoms with Crippen molar-refractivity contribution in [2.45, 2.75) is 19.3 Å². The fourth-order valence-electron chi connectivity index (χ4n) is 3.89. The lowest BCUT2D eigenvalue weighted by atomic mass is 9.94. The summed E-state index contributed by atoms with van der Waals surface area (Å²) in [4.78, 5) is 21.2. The van der Waals surface area contributed by atoms with Crippen LogP contribution >= 0.6 is 0 Å². The number of anilines is 2. The zero-order valence-corrected chi connectivity index (χ0v) is 14.1. The fraction of sp³-hybridized carbons (Fsp3) is 0.350. The Kier molecular flexibility index (Phi) is 4.10. The van der Waals surface area contributed by atoms with Gasteiger partial charge in [0.2, 0.25) is 5.91 Å². The van der Waals surface area contributed by atoms with Crippen LogP contribution in [-0.2, 0) is 11.2 Å². The highest BCUT2D eigenvalue weighted by molar-refractivity contribution is 5.97. The molecule has 1 fully saturated rings. The second kappa shape index (κ2) is 6.56. The van der Waals surface area contributed by atoms with Gasteiger partial charge in [-0.1, -0.05) is 18.2 Å². The van der Waals surface area contributed by atoms with Crippen LogP contribution in [-0.4, -0.2) is 30.5 Å². The summed E-state index contributed by atoms with van der Waals surface area (Å²) in [5.41, 5.74) is 3.68. The molecule has 0 N–H and O–H groups in total. The molecule has 0 radical (unpaired) electrons. The Hall–Kier alpha value is -2.87. The number of amides is 1. The quantitative estimate of drug-likeness (QED) is 0.848. The van der Waals surface area contributed by atoms with Gasteiger partial charge in [-0.2, -0.15) is 5.26 Å². The van der Waals surface area contributed by atoms with Gasteiger partial charge in [-0.05, 0) is 43.0 Å². The van der Waals surface area contributed by atoms with E-state index in [1.807, 2.05) is 35.2 Å².